The Labute approximate surface area is 203 Å². The minimum Gasteiger partial charge on any atom is -0.490 e. The van der Waals surface area contributed by atoms with Crippen LogP contribution in [-0.2, 0) is 16.1 Å². The maximum atomic E-state index is 13.0. The van der Waals surface area contributed by atoms with Crippen LogP contribution in [-0.4, -0.2) is 41.0 Å². The molecule has 8 heteroatoms. The van der Waals surface area contributed by atoms with Crippen LogP contribution in [0, 0.1) is 17.2 Å². The molecule has 0 aliphatic carbocycles. The zero-order chi connectivity index (χ0) is 24.1. The van der Waals surface area contributed by atoms with Gasteiger partial charge in [0.15, 0.2) is 0 Å². The van der Waals surface area contributed by atoms with E-state index in [-0.39, 0.29) is 23.3 Å². The van der Waals surface area contributed by atoms with E-state index in [4.69, 9.17) is 22.1 Å². The molecule has 3 aromatic rings. The number of nitrogens with two attached hydrogens (primary N) is 1. The minimum atomic E-state index is -0.338. The number of primary amides is 1. The Bertz CT molecular complexity index is 1280. The number of halogens is 1. The first kappa shape index (κ1) is 23.4. The van der Waals surface area contributed by atoms with Gasteiger partial charge >= 0.3 is 0 Å². The summed E-state index contributed by atoms with van der Waals surface area (Å²) in [6.07, 6.45) is 4.59. The van der Waals surface area contributed by atoms with Gasteiger partial charge < -0.3 is 19.9 Å². The smallest absolute Gasteiger partial charge is 0.264 e. The van der Waals surface area contributed by atoms with E-state index >= 15 is 0 Å². The lowest BCUT2D eigenvalue weighted by Crippen LogP contribution is -2.42. The molecule has 0 saturated carbocycles. The number of likely N-dealkylation sites (tertiary alicyclic amines) is 1. The molecule has 1 saturated heterocycles. The molecule has 0 radical (unpaired) electrons. The van der Waals surface area contributed by atoms with E-state index in [2.05, 4.69) is 6.07 Å². The predicted octanol–water partition coefficient (Wildman–Crippen LogP) is 4.00. The van der Waals surface area contributed by atoms with Gasteiger partial charge in [-0.25, -0.2) is 0 Å². The molecule has 34 heavy (non-hydrogen) atoms. The van der Waals surface area contributed by atoms with Crippen molar-refractivity contribution in [3.8, 4) is 11.8 Å². The number of piperidine rings is 1. The fourth-order valence-electron chi connectivity index (χ4n) is 4.23. The molecule has 2 N–H and O–H groups in total. The van der Waals surface area contributed by atoms with Crippen LogP contribution in [0.2, 0.25) is 5.02 Å². The average Bonchev–Trinajstić information content (AvgIpc) is 3.20. The van der Waals surface area contributed by atoms with Crippen molar-refractivity contribution in [2.24, 2.45) is 11.7 Å². The van der Waals surface area contributed by atoms with Gasteiger partial charge in [-0.15, -0.1) is 0 Å². The Balaban J connectivity index is 1.53. The number of carbonyl (C=O) groups excluding carboxylic acids is 2. The fraction of sp³-hybridized carbons (Fsp3) is 0.269. The number of hydrogen-bond donors (Lipinski definition) is 1. The van der Waals surface area contributed by atoms with E-state index < -0.39 is 0 Å². The summed E-state index contributed by atoms with van der Waals surface area (Å²) in [5.41, 5.74) is 7.20. The standard InChI is InChI=1S/C26H25ClN4O3/c27-22-6-2-4-8-24(22)34-14-13-31-17-20(21-5-1-3-7-23(21)31)15-19(16-28)26(33)30-11-9-18(10-12-30)25(29)32/h1-8,15,17-18H,9-14H2,(H2,29,32)/b19-15+. The van der Waals surface area contributed by atoms with E-state index in [9.17, 15) is 14.9 Å². The summed E-state index contributed by atoms with van der Waals surface area (Å²) in [7, 11) is 0. The molecule has 2 heterocycles. The fourth-order valence-corrected chi connectivity index (χ4v) is 4.42. The highest BCUT2D eigenvalue weighted by atomic mass is 35.5. The summed E-state index contributed by atoms with van der Waals surface area (Å²) in [5.74, 6) is -0.262. The zero-order valence-electron chi connectivity index (χ0n) is 18.6. The molecule has 2 amide bonds. The number of benzene rings is 2. The predicted molar refractivity (Wildman–Crippen MR) is 131 cm³/mol. The second kappa shape index (κ2) is 10.4. The Morgan fingerprint density at radius 3 is 2.56 bits per heavy atom. The minimum absolute atomic E-state index is 0.0627. The van der Waals surface area contributed by atoms with Crippen molar-refractivity contribution >= 4 is 40.4 Å². The molecule has 2 aromatic carbocycles. The van der Waals surface area contributed by atoms with Crippen molar-refractivity contribution in [1.29, 1.82) is 5.26 Å². The molecule has 1 aromatic heterocycles. The van der Waals surface area contributed by atoms with Crippen molar-refractivity contribution in [1.82, 2.24) is 9.47 Å². The number of fused-ring (bicyclic) bond motifs is 1. The quantitative estimate of drug-likeness (QED) is 0.411. The maximum absolute atomic E-state index is 13.0. The lowest BCUT2D eigenvalue weighted by atomic mass is 9.96. The second-order valence-electron chi connectivity index (χ2n) is 8.21. The third-order valence-corrected chi connectivity index (χ3v) is 6.39. The van der Waals surface area contributed by atoms with Gasteiger partial charge in [0.1, 0.15) is 24.0 Å². The van der Waals surface area contributed by atoms with E-state index in [0.29, 0.717) is 49.9 Å². The number of aromatic nitrogens is 1. The lowest BCUT2D eigenvalue weighted by molar-refractivity contribution is -0.131. The van der Waals surface area contributed by atoms with E-state index in [1.165, 1.54) is 0 Å². The Hall–Kier alpha value is -3.76. The molecular weight excluding hydrogens is 452 g/mol. The van der Waals surface area contributed by atoms with Gasteiger partial charge in [-0.2, -0.15) is 5.26 Å². The van der Waals surface area contributed by atoms with Crippen LogP contribution in [0.3, 0.4) is 0 Å². The molecule has 0 bridgehead atoms. The van der Waals surface area contributed by atoms with Crippen molar-refractivity contribution in [3.05, 3.63) is 70.9 Å². The van der Waals surface area contributed by atoms with Crippen molar-refractivity contribution in [2.45, 2.75) is 19.4 Å². The Morgan fingerprint density at radius 1 is 1.15 bits per heavy atom. The summed E-state index contributed by atoms with van der Waals surface area (Å²) in [5, 5.41) is 11.2. The van der Waals surface area contributed by atoms with Gasteiger partial charge in [-0.1, -0.05) is 41.9 Å². The van der Waals surface area contributed by atoms with Gasteiger partial charge in [0.05, 0.1) is 11.6 Å². The van der Waals surface area contributed by atoms with Crippen molar-refractivity contribution in [3.63, 3.8) is 0 Å². The summed E-state index contributed by atoms with van der Waals surface area (Å²) < 4.78 is 7.87. The van der Waals surface area contributed by atoms with Gasteiger partial charge in [-0.05, 0) is 37.1 Å². The molecule has 1 aliphatic heterocycles. The number of rotatable bonds is 7. The highest BCUT2D eigenvalue weighted by molar-refractivity contribution is 6.32. The molecule has 0 spiro atoms. The van der Waals surface area contributed by atoms with Gasteiger partial charge in [0.25, 0.3) is 5.91 Å². The van der Waals surface area contributed by atoms with Crippen LogP contribution in [0.15, 0.2) is 60.3 Å². The molecule has 4 rings (SSSR count). The number of amides is 2. The average molecular weight is 477 g/mol. The largest absolute Gasteiger partial charge is 0.490 e. The lowest BCUT2D eigenvalue weighted by Gasteiger charge is -2.30. The van der Waals surface area contributed by atoms with Gasteiger partial charge in [0.2, 0.25) is 5.91 Å². The Kier molecular flexibility index (Phi) is 7.19. The van der Waals surface area contributed by atoms with E-state index in [1.54, 1.807) is 17.0 Å². The maximum Gasteiger partial charge on any atom is 0.264 e. The number of carbonyl (C=O) groups is 2. The summed E-state index contributed by atoms with van der Waals surface area (Å²) >= 11 is 6.17. The first-order chi connectivity index (χ1) is 16.5. The number of nitriles is 1. The number of hydrogen-bond acceptors (Lipinski definition) is 4. The zero-order valence-corrected chi connectivity index (χ0v) is 19.4. The number of nitrogens with zero attached hydrogens (tertiary/aromatic N) is 3. The van der Waals surface area contributed by atoms with Crippen LogP contribution in [0.5, 0.6) is 5.75 Å². The number of ether oxygens (including phenoxy) is 1. The van der Waals surface area contributed by atoms with Gasteiger partial charge in [-0.3, -0.25) is 9.59 Å². The SMILES string of the molecule is N#C/C(=C\c1cn(CCOc2ccccc2Cl)c2ccccc12)C(=O)N1CCC(C(N)=O)CC1. The highest BCUT2D eigenvalue weighted by Crippen LogP contribution is 2.26. The van der Waals surface area contributed by atoms with Crippen LogP contribution >= 0.6 is 11.6 Å². The summed E-state index contributed by atoms with van der Waals surface area (Å²) in [6.45, 7) is 1.79. The normalized spacial score (nSPS) is 14.7. The highest BCUT2D eigenvalue weighted by Gasteiger charge is 2.27. The van der Waals surface area contributed by atoms with Gasteiger partial charge in [0, 0.05) is 41.7 Å². The van der Waals surface area contributed by atoms with Crippen molar-refractivity contribution < 1.29 is 14.3 Å². The monoisotopic (exact) mass is 476 g/mol. The molecular formula is C26H25ClN4O3. The molecule has 1 fully saturated rings. The molecule has 1 aliphatic rings. The summed E-state index contributed by atoms with van der Waals surface area (Å²) in [6, 6.07) is 17.2. The third-order valence-electron chi connectivity index (χ3n) is 6.08. The van der Waals surface area contributed by atoms with Crippen molar-refractivity contribution in [2.75, 3.05) is 19.7 Å². The first-order valence-corrected chi connectivity index (χ1v) is 11.5. The van der Waals surface area contributed by atoms with Crippen LogP contribution < -0.4 is 10.5 Å². The second-order valence-corrected chi connectivity index (χ2v) is 8.62. The summed E-state index contributed by atoms with van der Waals surface area (Å²) in [4.78, 5) is 26.0. The molecule has 0 atom stereocenters. The molecule has 7 nitrogen and oxygen atoms in total. The topological polar surface area (TPSA) is 101 Å². The molecule has 174 valence electrons. The third kappa shape index (κ3) is 5.08. The van der Waals surface area contributed by atoms with E-state index in [0.717, 1.165) is 16.5 Å². The molecule has 0 unspecified atom stereocenters. The first-order valence-electron chi connectivity index (χ1n) is 11.1. The number of para-hydroxylation sites is 2. The van der Waals surface area contributed by atoms with Crippen LogP contribution in [0.4, 0.5) is 0 Å². The van der Waals surface area contributed by atoms with Crippen LogP contribution in [0.25, 0.3) is 17.0 Å². The van der Waals surface area contributed by atoms with Crippen LogP contribution in [0.1, 0.15) is 18.4 Å². The van der Waals surface area contributed by atoms with E-state index in [1.807, 2.05) is 53.2 Å². The Morgan fingerprint density at radius 2 is 1.85 bits per heavy atom.